The number of nitrogens with two attached hydrogens (primary N) is 1. The van der Waals surface area contributed by atoms with E-state index in [1.165, 1.54) is 0 Å². The van der Waals surface area contributed by atoms with Crippen molar-refractivity contribution in [2.24, 2.45) is 5.73 Å². The third-order valence-corrected chi connectivity index (χ3v) is 2.72. The van der Waals surface area contributed by atoms with Crippen molar-refractivity contribution in [3.05, 3.63) is 54.1 Å². The average Bonchev–Trinajstić information content (AvgIpc) is 2.86. The number of aryl methyl sites for hydroxylation is 1. The first-order valence-electron chi connectivity index (χ1n) is 5.60. The molecule has 2 rings (SSSR count). The van der Waals surface area contributed by atoms with Crippen LogP contribution in [-0.2, 0) is 6.54 Å². The second-order valence-corrected chi connectivity index (χ2v) is 3.79. The highest BCUT2D eigenvalue weighted by molar-refractivity contribution is 5.97. The number of aromatic nitrogens is 2. The van der Waals surface area contributed by atoms with Gasteiger partial charge in [0.05, 0.1) is 6.04 Å². The Morgan fingerprint density at radius 3 is 2.76 bits per heavy atom. The lowest BCUT2D eigenvalue weighted by Crippen LogP contribution is -2.24. The van der Waals surface area contributed by atoms with Crippen LogP contribution in [0, 0.1) is 0 Å². The highest BCUT2D eigenvalue weighted by Gasteiger charge is 2.21. The first kappa shape index (κ1) is 11.5. The zero-order valence-corrected chi connectivity index (χ0v) is 9.71. The summed E-state index contributed by atoms with van der Waals surface area (Å²) in [6.45, 7) is 2.68. The largest absolute Gasteiger partial charge is 0.329 e. The van der Waals surface area contributed by atoms with Gasteiger partial charge in [-0.25, -0.2) is 4.98 Å². The van der Waals surface area contributed by atoms with Crippen LogP contribution < -0.4 is 5.73 Å². The first-order chi connectivity index (χ1) is 8.24. The normalized spacial score (nSPS) is 12.4. The minimum atomic E-state index is -0.649. The van der Waals surface area contributed by atoms with E-state index in [4.69, 9.17) is 5.73 Å². The average molecular weight is 229 g/mol. The third kappa shape index (κ3) is 2.26. The van der Waals surface area contributed by atoms with Crippen LogP contribution in [0.4, 0.5) is 0 Å². The first-order valence-corrected chi connectivity index (χ1v) is 5.60. The van der Waals surface area contributed by atoms with Gasteiger partial charge in [-0.2, -0.15) is 0 Å². The molecule has 17 heavy (non-hydrogen) atoms. The SMILES string of the molecule is CCn1ccnc1C(=O)C(N)c1ccccc1. The third-order valence-electron chi connectivity index (χ3n) is 2.72. The molecule has 0 spiro atoms. The number of imidazole rings is 1. The molecule has 2 N–H and O–H groups in total. The van der Waals surface area contributed by atoms with E-state index in [-0.39, 0.29) is 5.78 Å². The van der Waals surface area contributed by atoms with Gasteiger partial charge < -0.3 is 10.3 Å². The molecule has 1 unspecified atom stereocenters. The summed E-state index contributed by atoms with van der Waals surface area (Å²) >= 11 is 0. The lowest BCUT2D eigenvalue weighted by atomic mass is 10.0. The zero-order valence-electron chi connectivity index (χ0n) is 9.71. The second kappa shape index (κ2) is 4.93. The molecule has 4 nitrogen and oxygen atoms in total. The molecule has 1 heterocycles. The molecule has 0 bridgehead atoms. The van der Waals surface area contributed by atoms with E-state index in [2.05, 4.69) is 4.98 Å². The van der Waals surface area contributed by atoms with E-state index in [9.17, 15) is 4.79 Å². The van der Waals surface area contributed by atoms with Crippen LogP contribution in [0.2, 0.25) is 0 Å². The summed E-state index contributed by atoms with van der Waals surface area (Å²) in [5.41, 5.74) is 6.76. The van der Waals surface area contributed by atoms with E-state index < -0.39 is 6.04 Å². The van der Waals surface area contributed by atoms with Gasteiger partial charge in [0, 0.05) is 18.9 Å². The Labute approximate surface area is 100 Å². The number of benzene rings is 1. The lowest BCUT2D eigenvalue weighted by molar-refractivity contribution is 0.0947. The number of Topliss-reactive ketones (excluding diaryl/α,β-unsaturated/α-hetero) is 1. The number of carbonyl (C=O) groups is 1. The molecule has 0 aliphatic heterocycles. The summed E-state index contributed by atoms with van der Waals surface area (Å²) < 4.78 is 1.80. The van der Waals surface area contributed by atoms with E-state index >= 15 is 0 Å². The van der Waals surface area contributed by atoms with Crippen molar-refractivity contribution in [3.8, 4) is 0 Å². The molecule has 88 valence electrons. The fourth-order valence-electron chi connectivity index (χ4n) is 1.74. The molecule has 0 fully saturated rings. The van der Waals surface area contributed by atoms with Gasteiger partial charge in [-0.3, -0.25) is 4.79 Å². The van der Waals surface area contributed by atoms with E-state index in [0.29, 0.717) is 12.4 Å². The second-order valence-electron chi connectivity index (χ2n) is 3.79. The summed E-state index contributed by atoms with van der Waals surface area (Å²) in [5.74, 6) is 0.270. The van der Waals surface area contributed by atoms with E-state index in [1.807, 2.05) is 37.3 Å². The summed E-state index contributed by atoms with van der Waals surface area (Å²) in [5, 5.41) is 0. The van der Waals surface area contributed by atoms with Crippen LogP contribution in [0.15, 0.2) is 42.7 Å². The van der Waals surface area contributed by atoms with Crippen molar-refractivity contribution in [1.82, 2.24) is 9.55 Å². The molecule has 0 saturated heterocycles. The Hall–Kier alpha value is -1.94. The Morgan fingerprint density at radius 1 is 1.41 bits per heavy atom. The van der Waals surface area contributed by atoms with Crippen LogP contribution in [0.1, 0.15) is 29.1 Å². The summed E-state index contributed by atoms with van der Waals surface area (Å²) in [7, 11) is 0. The van der Waals surface area contributed by atoms with Crippen LogP contribution in [0.5, 0.6) is 0 Å². The van der Waals surface area contributed by atoms with E-state index in [1.54, 1.807) is 17.0 Å². The molecule has 0 radical (unpaired) electrons. The van der Waals surface area contributed by atoms with Gasteiger partial charge >= 0.3 is 0 Å². The molecule has 1 aromatic heterocycles. The van der Waals surface area contributed by atoms with Crippen LogP contribution >= 0.6 is 0 Å². The summed E-state index contributed by atoms with van der Waals surface area (Å²) in [6, 6.07) is 8.68. The maximum atomic E-state index is 12.2. The van der Waals surface area contributed by atoms with Crippen molar-refractivity contribution < 1.29 is 4.79 Å². The fraction of sp³-hybridized carbons (Fsp3) is 0.231. The lowest BCUT2D eigenvalue weighted by Gasteiger charge is -2.11. The molecular formula is C13H15N3O. The smallest absolute Gasteiger partial charge is 0.219 e. The summed E-state index contributed by atoms with van der Waals surface area (Å²) in [6.07, 6.45) is 3.40. The maximum absolute atomic E-state index is 12.2. The number of hydrogen-bond donors (Lipinski definition) is 1. The molecule has 0 aliphatic rings. The Kier molecular flexibility index (Phi) is 3.35. The number of rotatable bonds is 4. The zero-order chi connectivity index (χ0) is 12.3. The van der Waals surface area contributed by atoms with Crippen molar-refractivity contribution in [2.75, 3.05) is 0 Å². The number of carbonyl (C=O) groups excluding carboxylic acids is 1. The molecule has 2 aromatic rings. The monoisotopic (exact) mass is 229 g/mol. The minimum Gasteiger partial charge on any atom is -0.329 e. The highest BCUT2D eigenvalue weighted by Crippen LogP contribution is 2.14. The van der Waals surface area contributed by atoms with Crippen molar-refractivity contribution >= 4 is 5.78 Å². The molecule has 0 amide bonds. The molecule has 4 heteroatoms. The van der Waals surface area contributed by atoms with Gasteiger partial charge in [0.1, 0.15) is 0 Å². The molecule has 0 aliphatic carbocycles. The molecule has 0 saturated carbocycles. The van der Waals surface area contributed by atoms with Crippen LogP contribution in [0.3, 0.4) is 0 Å². The molecule has 1 aromatic carbocycles. The van der Waals surface area contributed by atoms with Crippen LogP contribution in [0.25, 0.3) is 0 Å². The highest BCUT2D eigenvalue weighted by atomic mass is 16.1. The number of hydrogen-bond acceptors (Lipinski definition) is 3. The van der Waals surface area contributed by atoms with Crippen molar-refractivity contribution in [2.45, 2.75) is 19.5 Å². The number of nitrogens with zero attached hydrogens (tertiary/aromatic N) is 2. The standard InChI is InChI=1S/C13H15N3O/c1-2-16-9-8-15-13(16)12(17)11(14)10-6-4-3-5-7-10/h3-9,11H,2,14H2,1H3. The molecular weight excluding hydrogens is 214 g/mol. The van der Waals surface area contributed by atoms with E-state index in [0.717, 1.165) is 5.56 Å². The van der Waals surface area contributed by atoms with Crippen molar-refractivity contribution in [1.29, 1.82) is 0 Å². The fourth-order valence-corrected chi connectivity index (χ4v) is 1.74. The summed E-state index contributed by atoms with van der Waals surface area (Å²) in [4.78, 5) is 16.2. The molecule has 1 atom stereocenters. The topological polar surface area (TPSA) is 60.9 Å². The van der Waals surface area contributed by atoms with Gasteiger partial charge in [0.25, 0.3) is 0 Å². The predicted octanol–water partition coefficient (Wildman–Crippen LogP) is 1.79. The Balaban J connectivity index is 2.27. The number of ketones is 1. The van der Waals surface area contributed by atoms with Gasteiger partial charge in [-0.1, -0.05) is 30.3 Å². The van der Waals surface area contributed by atoms with Crippen molar-refractivity contribution in [3.63, 3.8) is 0 Å². The predicted molar refractivity (Wildman–Crippen MR) is 65.6 cm³/mol. The Morgan fingerprint density at radius 2 is 2.12 bits per heavy atom. The Bertz CT molecular complexity index is 504. The van der Waals surface area contributed by atoms with Gasteiger partial charge in [0.15, 0.2) is 5.82 Å². The quantitative estimate of drug-likeness (QED) is 0.813. The van der Waals surface area contributed by atoms with Crippen LogP contribution in [-0.4, -0.2) is 15.3 Å². The van der Waals surface area contributed by atoms with Gasteiger partial charge in [0.2, 0.25) is 5.78 Å². The maximum Gasteiger partial charge on any atom is 0.219 e. The minimum absolute atomic E-state index is 0.150. The van der Waals surface area contributed by atoms with Gasteiger partial charge in [-0.15, -0.1) is 0 Å². The van der Waals surface area contributed by atoms with Gasteiger partial charge in [-0.05, 0) is 12.5 Å².